The van der Waals surface area contributed by atoms with E-state index in [4.69, 9.17) is 32.4 Å². The predicted molar refractivity (Wildman–Crippen MR) is 113 cm³/mol. The third-order valence-corrected chi connectivity index (χ3v) is 5.38. The van der Waals surface area contributed by atoms with Gasteiger partial charge in [-0.05, 0) is 42.5 Å². The molecule has 0 spiro atoms. The van der Waals surface area contributed by atoms with Crippen molar-refractivity contribution in [1.29, 1.82) is 0 Å². The molecule has 0 aliphatic carbocycles. The molecular weight excluding hydrogens is 448 g/mol. The van der Waals surface area contributed by atoms with E-state index >= 15 is 0 Å². The zero-order valence-corrected chi connectivity index (χ0v) is 17.4. The number of aliphatic hydroxyl groups is 1. The first kappa shape index (κ1) is 21.0. The minimum atomic E-state index is -1.13. The molecule has 0 radical (unpaired) electrons. The van der Waals surface area contributed by atoms with Crippen molar-refractivity contribution in [2.75, 3.05) is 12.0 Å². The SMILES string of the molecule is COc1c(Cl)cc(/C(O)=C2/C(=O)C(=O)N(c3cccc(F)c3)C2c2ccco2)cc1Cl. The molecule has 31 heavy (non-hydrogen) atoms. The fraction of sp³-hybridized carbons (Fsp3) is 0.0909. The van der Waals surface area contributed by atoms with Crippen LogP contribution < -0.4 is 9.64 Å². The van der Waals surface area contributed by atoms with Crippen molar-refractivity contribution in [2.45, 2.75) is 6.04 Å². The zero-order chi connectivity index (χ0) is 22.3. The third-order valence-electron chi connectivity index (χ3n) is 4.82. The summed E-state index contributed by atoms with van der Waals surface area (Å²) < 4.78 is 24.4. The van der Waals surface area contributed by atoms with E-state index in [1.165, 1.54) is 43.7 Å². The van der Waals surface area contributed by atoms with Crippen LogP contribution in [0.15, 0.2) is 64.8 Å². The molecule has 4 rings (SSSR count). The Balaban J connectivity index is 1.94. The number of amides is 1. The summed E-state index contributed by atoms with van der Waals surface area (Å²) in [6, 6.07) is 9.92. The molecule has 2 aromatic carbocycles. The largest absolute Gasteiger partial charge is 0.507 e. The number of methoxy groups -OCH3 is 1. The third kappa shape index (κ3) is 3.56. The van der Waals surface area contributed by atoms with Gasteiger partial charge in [0.25, 0.3) is 11.7 Å². The van der Waals surface area contributed by atoms with Crippen LogP contribution in [0, 0.1) is 5.82 Å². The summed E-state index contributed by atoms with van der Waals surface area (Å²) in [5, 5.41) is 11.2. The average Bonchev–Trinajstić information content (AvgIpc) is 3.34. The topological polar surface area (TPSA) is 80.0 Å². The van der Waals surface area contributed by atoms with Crippen molar-refractivity contribution >= 4 is 46.3 Å². The molecule has 1 amide bonds. The summed E-state index contributed by atoms with van der Waals surface area (Å²) in [5.41, 5.74) is -0.0144. The lowest BCUT2D eigenvalue weighted by Gasteiger charge is -2.23. The molecular formula is C22H14Cl2FNO5. The fourth-order valence-electron chi connectivity index (χ4n) is 3.49. The van der Waals surface area contributed by atoms with Gasteiger partial charge in [0, 0.05) is 11.3 Å². The molecule has 1 unspecified atom stereocenters. The van der Waals surface area contributed by atoms with E-state index in [1.54, 1.807) is 12.1 Å². The van der Waals surface area contributed by atoms with Crippen LogP contribution in [0.25, 0.3) is 5.76 Å². The minimum absolute atomic E-state index is 0.101. The monoisotopic (exact) mass is 461 g/mol. The predicted octanol–water partition coefficient (Wildman–Crippen LogP) is 5.36. The molecule has 1 aliphatic heterocycles. The van der Waals surface area contributed by atoms with Gasteiger partial charge in [0.1, 0.15) is 23.4 Å². The van der Waals surface area contributed by atoms with Crippen molar-refractivity contribution in [3.63, 3.8) is 0 Å². The van der Waals surface area contributed by atoms with E-state index in [9.17, 15) is 19.1 Å². The van der Waals surface area contributed by atoms with Crippen LogP contribution in [0.3, 0.4) is 0 Å². The highest BCUT2D eigenvalue weighted by Crippen LogP contribution is 2.43. The van der Waals surface area contributed by atoms with E-state index < -0.39 is 29.3 Å². The standard InChI is InChI=1S/C22H14Cl2FNO5/c1-30-21-14(23)8-11(9-15(21)24)19(27)17-18(16-6-3-7-31-16)26(22(29)20(17)28)13-5-2-4-12(25)10-13/h2-10,18,27H,1H3/b19-17-. The molecule has 3 aromatic rings. The molecule has 1 aliphatic rings. The molecule has 1 N–H and O–H groups in total. The fourth-order valence-corrected chi connectivity index (χ4v) is 4.13. The van der Waals surface area contributed by atoms with E-state index in [0.29, 0.717) is 0 Å². The lowest BCUT2D eigenvalue weighted by atomic mass is 9.99. The van der Waals surface area contributed by atoms with Crippen LogP contribution >= 0.6 is 23.2 Å². The summed E-state index contributed by atoms with van der Waals surface area (Å²) >= 11 is 12.3. The average molecular weight is 462 g/mol. The lowest BCUT2D eigenvalue weighted by molar-refractivity contribution is -0.132. The molecule has 158 valence electrons. The van der Waals surface area contributed by atoms with Crippen LogP contribution in [0.1, 0.15) is 17.4 Å². The van der Waals surface area contributed by atoms with Crippen LogP contribution in [-0.4, -0.2) is 23.9 Å². The van der Waals surface area contributed by atoms with Gasteiger partial charge in [-0.15, -0.1) is 0 Å². The van der Waals surface area contributed by atoms with Crippen LogP contribution in [0.5, 0.6) is 5.75 Å². The number of aliphatic hydroxyl groups excluding tert-OH is 1. The number of carbonyl (C=O) groups excluding carboxylic acids is 2. The highest BCUT2D eigenvalue weighted by atomic mass is 35.5. The van der Waals surface area contributed by atoms with Crippen LogP contribution in [0.4, 0.5) is 10.1 Å². The summed E-state index contributed by atoms with van der Waals surface area (Å²) in [6.07, 6.45) is 1.36. The Morgan fingerprint density at radius 1 is 1.13 bits per heavy atom. The van der Waals surface area contributed by atoms with Gasteiger partial charge in [0.2, 0.25) is 0 Å². The number of hydrogen-bond donors (Lipinski definition) is 1. The number of carbonyl (C=O) groups is 2. The van der Waals surface area contributed by atoms with Crippen molar-refractivity contribution < 1.29 is 28.2 Å². The summed E-state index contributed by atoms with van der Waals surface area (Å²) in [5.74, 6) is -2.61. The highest BCUT2D eigenvalue weighted by Gasteiger charge is 2.48. The summed E-state index contributed by atoms with van der Waals surface area (Å²) in [4.78, 5) is 26.9. The maximum Gasteiger partial charge on any atom is 0.300 e. The molecule has 1 fully saturated rings. The second-order valence-electron chi connectivity index (χ2n) is 6.64. The molecule has 1 aromatic heterocycles. The van der Waals surface area contributed by atoms with Gasteiger partial charge < -0.3 is 14.3 Å². The number of anilines is 1. The number of ether oxygens (including phenoxy) is 1. The van der Waals surface area contributed by atoms with Gasteiger partial charge in [0.15, 0.2) is 5.75 Å². The normalized spacial score (nSPS) is 17.9. The molecule has 9 heteroatoms. The Morgan fingerprint density at radius 2 is 1.84 bits per heavy atom. The first-order valence-electron chi connectivity index (χ1n) is 8.97. The second kappa shape index (κ2) is 8.09. The number of rotatable bonds is 4. The lowest BCUT2D eigenvalue weighted by Crippen LogP contribution is -2.29. The molecule has 0 saturated carbocycles. The maximum atomic E-state index is 13.8. The van der Waals surface area contributed by atoms with Gasteiger partial charge in [-0.25, -0.2) is 4.39 Å². The Hall–Kier alpha value is -3.29. The van der Waals surface area contributed by atoms with Crippen molar-refractivity contribution in [3.8, 4) is 5.75 Å². The van der Waals surface area contributed by atoms with E-state index in [2.05, 4.69) is 0 Å². The Morgan fingerprint density at radius 3 is 2.42 bits per heavy atom. The van der Waals surface area contributed by atoms with Gasteiger partial charge in [-0.3, -0.25) is 14.5 Å². The van der Waals surface area contributed by atoms with Crippen molar-refractivity contribution in [3.05, 3.63) is 87.6 Å². The van der Waals surface area contributed by atoms with Gasteiger partial charge in [0.05, 0.1) is 29.0 Å². The highest BCUT2D eigenvalue weighted by molar-refractivity contribution is 6.51. The summed E-state index contributed by atoms with van der Waals surface area (Å²) in [6.45, 7) is 0. The first-order chi connectivity index (χ1) is 14.8. The van der Waals surface area contributed by atoms with Crippen LogP contribution in [-0.2, 0) is 9.59 Å². The van der Waals surface area contributed by atoms with Crippen LogP contribution in [0.2, 0.25) is 10.0 Å². The van der Waals surface area contributed by atoms with Gasteiger partial charge in [-0.1, -0.05) is 29.3 Å². The number of nitrogens with zero attached hydrogens (tertiary/aromatic N) is 1. The Bertz CT molecular complexity index is 1200. The molecule has 2 heterocycles. The van der Waals surface area contributed by atoms with Gasteiger partial charge >= 0.3 is 0 Å². The quantitative estimate of drug-likeness (QED) is 0.321. The first-order valence-corrected chi connectivity index (χ1v) is 9.72. The number of benzene rings is 2. The molecule has 6 nitrogen and oxygen atoms in total. The smallest absolute Gasteiger partial charge is 0.300 e. The van der Waals surface area contributed by atoms with E-state index in [-0.39, 0.29) is 38.4 Å². The number of hydrogen-bond acceptors (Lipinski definition) is 5. The number of ketones is 1. The Kier molecular flexibility index (Phi) is 5.47. The summed E-state index contributed by atoms with van der Waals surface area (Å²) in [7, 11) is 1.38. The zero-order valence-electron chi connectivity index (χ0n) is 15.9. The minimum Gasteiger partial charge on any atom is -0.507 e. The molecule has 1 saturated heterocycles. The van der Waals surface area contributed by atoms with E-state index in [0.717, 1.165) is 11.0 Å². The molecule has 1 atom stereocenters. The Labute approximate surface area is 186 Å². The van der Waals surface area contributed by atoms with Gasteiger partial charge in [-0.2, -0.15) is 0 Å². The number of furan rings is 1. The second-order valence-corrected chi connectivity index (χ2v) is 7.45. The number of halogens is 3. The van der Waals surface area contributed by atoms with Crippen molar-refractivity contribution in [1.82, 2.24) is 0 Å². The van der Waals surface area contributed by atoms with Crippen molar-refractivity contribution in [2.24, 2.45) is 0 Å². The van der Waals surface area contributed by atoms with E-state index in [1.807, 2.05) is 0 Å². The number of Topliss-reactive ketones (excluding diaryl/α,β-unsaturated/α-hetero) is 1. The maximum absolute atomic E-state index is 13.8. The molecule has 0 bridgehead atoms.